The highest BCUT2D eigenvalue weighted by molar-refractivity contribution is 6.30. The number of esters is 1. The molecule has 0 aliphatic heterocycles. The third-order valence-electron chi connectivity index (χ3n) is 3.38. The lowest BCUT2D eigenvalue weighted by molar-refractivity contribution is -0.147. The molecule has 0 aromatic heterocycles. The van der Waals surface area contributed by atoms with Gasteiger partial charge in [0.1, 0.15) is 18.1 Å². The molecule has 0 radical (unpaired) electrons. The van der Waals surface area contributed by atoms with Crippen LogP contribution in [0.1, 0.15) is 5.56 Å². The van der Waals surface area contributed by atoms with Gasteiger partial charge in [0.2, 0.25) is 0 Å². The van der Waals surface area contributed by atoms with Gasteiger partial charge in [-0.1, -0.05) is 23.7 Å². The third-order valence-corrected chi connectivity index (χ3v) is 3.63. The molecule has 0 heterocycles. The Labute approximate surface area is 157 Å². The van der Waals surface area contributed by atoms with E-state index in [-0.39, 0.29) is 18.9 Å². The Balaban J connectivity index is 1.60. The average molecular weight is 378 g/mol. The van der Waals surface area contributed by atoms with Crippen LogP contribution in [0, 0.1) is 0 Å². The minimum absolute atomic E-state index is 0.0942. The van der Waals surface area contributed by atoms with E-state index in [4.69, 9.17) is 25.8 Å². The molecule has 1 amide bonds. The van der Waals surface area contributed by atoms with E-state index >= 15 is 0 Å². The van der Waals surface area contributed by atoms with Crippen molar-refractivity contribution in [1.82, 2.24) is 5.32 Å². The van der Waals surface area contributed by atoms with Crippen molar-refractivity contribution in [2.45, 2.75) is 6.42 Å². The number of hydrogen-bond donors (Lipinski definition) is 1. The molecule has 26 heavy (non-hydrogen) atoms. The molecule has 0 aliphatic carbocycles. The maximum Gasteiger partial charge on any atom is 0.310 e. The molecule has 138 valence electrons. The van der Waals surface area contributed by atoms with Crippen molar-refractivity contribution < 1.29 is 23.8 Å². The van der Waals surface area contributed by atoms with Gasteiger partial charge in [-0.2, -0.15) is 0 Å². The Hall–Kier alpha value is -2.73. The van der Waals surface area contributed by atoms with E-state index in [9.17, 15) is 9.59 Å². The molecular formula is C19H20ClNO5. The number of benzene rings is 2. The minimum Gasteiger partial charge on any atom is -0.497 e. The molecule has 0 aliphatic rings. The van der Waals surface area contributed by atoms with Crippen LogP contribution in [0.3, 0.4) is 0 Å². The van der Waals surface area contributed by atoms with Gasteiger partial charge in [0.25, 0.3) is 5.91 Å². The molecule has 0 atom stereocenters. The van der Waals surface area contributed by atoms with Gasteiger partial charge in [-0.25, -0.2) is 0 Å². The van der Waals surface area contributed by atoms with Gasteiger partial charge >= 0.3 is 5.97 Å². The van der Waals surface area contributed by atoms with Gasteiger partial charge < -0.3 is 19.5 Å². The van der Waals surface area contributed by atoms with Crippen molar-refractivity contribution in [2.75, 3.05) is 26.9 Å². The Kier molecular flexibility index (Phi) is 7.76. The normalized spacial score (nSPS) is 10.1. The predicted octanol–water partition coefficient (Wildman–Crippen LogP) is 2.63. The fourth-order valence-electron chi connectivity index (χ4n) is 2.05. The molecule has 1 N–H and O–H groups in total. The zero-order valence-electron chi connectivity index (χ0n) is 14.4. The van der Waals surface area contributed by atoms with Crippen LogP contribution >= 0.6 is 11.6 Å². The van der Waals surface area contributed by atoms with E-state index in [0.717, 1.165) is 5.56 Å². The number of carbonyl (C=O) groups excluding carboxylic acids is 2. The molecule has 0 fully saturated rings. The zero-order valence-corrected chi connectivity index (χ0v) is 15.1. The van der Waals surface area contributed by atoms with Gasteiger partial charge in [-0.15, -0.1) is 0 Å². The van der Waals surface area contributed by atoms with Crippen LogP contribution in [-0.4, -0.2) is 38.7 Å². The second kappa shape index (κ2) is 10.3. The van der Waals surface area contributed by atoms with Crippen LogP contribution in [0.4, 0.5) is 0 Å². The fraction of sp³-hybridized carbons (Fsp3) is 0.263. The van der Waals surface area contributed by atoms with Crippen LogP contribution in [0.15, 0.2) is 48.5 Å². The van der Waals surface area contributed by atoms with E-state index < -0.39 is 5.97 Å². The summed E-state index contributed by atoms with van der Waals surface area (Å²) in [5.41, 5.74) is 0.785. The third kappa shape index (κ3) is 7.03. The first-order valence-electron chi connectivity index (χ1n) is 8.00. The van der Waals surface area contributed by atoms with Crippen molar-refractivity contribution in [3.8, 4) is 11.5 Å². The molecule has 0 saturated carbocycles. The Morgan fingerprint density at radius 3 is 2.31 bits per heavy atom. The van der Waals surface area contributed by atoms with Crippen LogP contribution < -0.4 is 14.8 Å². The lowest BCUT2D eigenvalue weighted by Gasteiger charge is -2.08. The van der Waals surface area contributed by atoms with E-state index in [1.54, 1.807) is 55.6 Å². The molecule has 0 unspecified atom stereocenters. The number of halogens is 1. The molecule has 0 bridgehead atoms. The van der Waals surface area contributed by atoms with Gasteiger partial charge in [0.05, 0.1) is 20.1 Å². The Bertz CT molecular complexity index is 716. The smallest absolute Gasteiger partial charge is 0.310 e. The number of hydrogen-bond acceptors (Lipinski definition) is 5. The summed E-state index contributed by atoms with van der Waals surface area (Å²) in [6.07, 6.45) is 0.0942. The Morgan fingerprint density at radius 2 is 1.65 bits per heavy atom. The average Bonchev–Trinajstić information content (AvgIpc) is 2.65. The molecular weight excluding hydrogens is 358 g/mol. The molecule has 2 aromatic carbocycles. The number of carbonyl (C=O) groups is 2. The quantitative estimate of drug-likeness (QED) is 0.537. The summed E-state index contributed by atoms with van der Waals surface area (Å²) < 4.78 is 15.4. The highest BCUT2D eigenvalue weighted by Crippen LogP contribution is 2.15. The minimum atomic E-state index is -0.470. The van der Waals surface area contributed by atoms with Gasteiger partial charge in [0.15, 0.2) is 6.61 Å². The SMILES string of the molecule is COc1ccc(CC(=O)OCC(=O)NCCOc2ccc(Cl)cc2)cc1. The summed E-state index contributed by atoms with van der Waals surface area (Å²) in [6, 6.07) is 14.0. The van der Waals surface area contributed by atoms with Crippen LogP contribution in [0.5, 0.6) is 11.5 Å². The summed E-state index contributed by atoms with van der Waals surface area (Å²) in [5.74, 6) is 0.521. The van der Waals surface area contributed by atoms with Crippen molar-refractivity contribution >= 4 is 23.5 Å². The number of rotatable bonds is 9. The van der Waals surface area contributed by atoms with Gasteiger partial charge in [0, 0.05) is 5.02 Å². The van der Waals surface area contributed by atoms with E-state index in [0.29, 0.717) is 29.7 Å². The van der Waals surface area contributed by atoms with Crippen molar-refractivity contribution in [1.29, 1.82) is 0 Å². The number of amides is 1. The summed E-state index contributed by atoms with van der Waals surface area (Å²) in [7, 11) is 1.57. The molecule has 0 spiro atoms. The summed E-state index contributed by atoms with van der Waals surface area (Å²) in [4.78, 5) is 23.4. The fourth-order valence-corrected chi connectivity index (χ4v) is 2.17. The number of ether oxygens (including phenoxy) is 3. The lowest BCUT2D eigenvalue weighted by Crippen LogP contribution is -2.32. The lowest BCUT2D eigenvalue weighted by atomic mass is 10.1. The van der Waals surface area contributed by atoms with Gasteiger partial charge in [-0.3, -0.25) is 9.59 Å². The first kappa shape index (κ1) is 19.6. The summed E-state index contributed by atoms with van der Waals surface area (Å²) in [5, 5.41) is 3.24. The van der Waals surface area contributed by atoms with Crippen LogP contribution in [-0.2, 0) is 20.7 Å². The maximum atomic E-state index is 11.7. The first-order valence-corrected chi connectivity index (χ1v) is 8.38. The highest BCUT2D eigenvalue weighted by atomic mass is 35.5. The molecule has 6 nitrogen and oxygen atoms in total. The standard InChI is InChI=1S/C19H20ClNO5/c1-24-16-6-2-14(3-7-16)12-19(23)26-13-18(22)21-10-11-25-17-8-4-15(20)5-9-17/h2-9H,10-13H2,1H3,(H,21,22). The predicted molar refractivity (Wildman–Crippen MR) is 97.6 cm³/mol. The van der Waals surface area contributed by atoms with Crippen molar-refractivity contribution in [3.05, 3.63) is 59.1 Å². The second-order valence-corrected chi connectivity index (χ2v) is 5.77. The molecule has 2 aromatic rings. The zero-order chi connectivity index (χ0) is 18.8. The molecule has 7 heteroatoms. The number of methoxy groups -OCH3 is 1. The van der Waals surface area contributed by atoms with E-state index in [1.165, 1.54) is 0 Å². The van der Waals surface area contributed by atoms with E-state index in [1.807, 2.05) is 0 Å². The van der Waals surface area contributed by atoms with Crippen molar-refractivity contribution in [2.24, 2.45) is 0 Å². The summed E-state index contributed by atoms with van der Waals surface area (Å²) >= 11 is 5.78. The van der Waals surface area contributed by atoms with Gasteiger partial charge in [-0.05, 0) is 42.0 Å². The van der Waals surface area contributed by atoms with Crippen LogP contribution in [0.25, 0.3) is 0 Å². The molecule has 0 saturated heterocycles. The highest BCUT2D eigenvalue weighted by Gasteiger charge is 2.08. The van der Waals surface area contributed by atoms with Crippen LogP contribution in [0.2, 0.25) is 5.02 Å². The first-order chi connectivity index (χ1) is 12.6. The second-order valence-electron chi connectivity index (χ2n) is 5.34. The van der Waals surface area contributed by atoms with Crippen molar-refractivity contribution in [3.63, 3.8) is 0 Å². The maximum absolute atomic E-state index is 11.7. The number of nitrogens with one attached hydrogen (secondary N) is 1. The Morgan fingerprint density at radius 1 is 1.00 bits per heavy atom. The van der Waals surface area contributed by atoms with E-state index in [2.05, 4.69) is 5.32 Å². The largest absolute Gasteiger partial charge is 0.497 e. The topological polar surface area (TPSA) is 73.9 Å². The summed E-state index contributed by atoms with van der Waals surface area (Å²) in [6.45, 7) is 0.278. The molecule has 2 rings (SSSR count). The monoisotopic (exact) mass is 377 g/mol.